The van der Waals surface area contributed by atoms with Crippen LogP contribution < -0.4 is 0 Å². The van der Waals surface area contributed by atoms with Crippen LogP contribution in [0.2, 0.25) is 0 Å². The number of aromatic amines is 1. The third-order valence-electron chi connectivity index (χ3n) is 2.86. The van der Waals surface area contributed by atoms with Crippen molar-refractivity contribution in [3.05, 3.63) is 65.0 Å². The van der Waals surface area contributed by atoms with E-state index in [9.17, 15) is 0 Å². The van der Waals surface area contributed by atoms with Crippen molar-refractivity contribution in [1.29, 1.82) is 0 Å². The molecule has 3 aromatic rings. The largest absolute Gasteiger partial charge is 0.460 e. The summed E-state index contributed by atoms with van der Waals surface area (Å²) in [6, 6.07) is 13.7. The quantitative estimate of drug-likeness (QED) is 0.583. The zero-order chi connectivity index (χ0) is 13.9. The summed E-state index contributed by atoms with van der Waals surface area (Å²) in [4.78, 5) is 3.14. The fourth-order valence-corrected chi connectivity index (χ4v) is 2.09. The first-order chi connectivity index (χ1) is 9.72. The van der Waals surface area contributed by atoms with Gasteiger partial charge in [-0.2, -0.15) is 5.10 Å². The van der Waals surface area contributed by atoms with Crippen molar-refractivity contribution in [3.8, 4) is 11.3 Å². The van der Waals surface area contributed by atoms with Crippen LogP contribution in [0.25, 0.3) is 11.3 Å². The molecule has 0 unspecified atom stereocenters. The Morgan fingerprint density at radius 2 is 2.00 bits per heavy atom. The molecule has 4 nitrogen and oxygen atoms in total. The minimum Gasteiger partial charge on any atom is -0.460 e. The highest BCUT2D eigenvalue weighted by atomic mass is 32.1. The molecule has 0 bridgehead atoms. The number of aryl methyl sites for hydroxylation is 1. The van der Waals surface area contributed by atoms with E-state index in [0.717, 1.165) is 17.0 Å². The van der Waals surface area contributed by atoms with E-state index < -0.39 is 0 Å². The molecule has 1 N–H and O–H groups in total. The van der Waals surface area contributed by atoms with Crippen LogP contribution in [0.3, 0.4) is 0 Å². The van der Waals surface area contributed by atoms with E-state index in [0.29, 0.717) is 10.5 Å². The Morgan fingerprint density at radius 3 is 2.70 bits per heavy atom. The second kappa shape index (κ2) is 5.30. The zero-order valence-corrected chi connectivity index (χ0v) is 11.7. The lowest BCUT2D eigenvalue weighted by Crippen LogP contribution is -1.87. The van der Waals surface area contributed by atoms with Crippen LogP contribution in [0, 0.1) is 11.7 Å². The Balaban J connectivity index is 1.90. The Morgan fingerprint density at radius 1 is 1.20 bits per heavy atom. The molecule has 0 aliphatic carbocycles. The van der Waals surface area contributed by atoms with Crippen molar-refractivity contribution < 1.29 is 4.42 Å². The number of rotatable bonds is 3. The summed E-state index contributed by atoms with van der Waals surface area (Å²) >= 11 is 5.26. The van der Waals surface area contributed by atoms with Crippen LogP contribution in [-0.4, -0.2) is 15.9 Å². The standard InChI is InChI=1S/C15H13N3OS/c1-11-7-8-13(19-11)9-16-18-10-14(17-15(18)20)12-5-3-2-4-6-12/h2-10H,1H3,(H,17,20)/b16-9-. The van der Waals surface area contributed by atoms with Gasteiger partial charge in [-0.1, -0.05) is 30.3 Å². The summed E-state index contributed by atoms with van der Waals surface area (Å²) < 4.78 is 7.60. The van der Waals surface area contributed by atoms with E-state index in [2.05, 4.69) is 10.1 Å². The van der Waals surface area contributed by atoms with E-state index in [4.69, 9.17) is 16.6 Å². The van der Waals surface area contributed by atoms with Gasteiger partial charge in [0.1, 0.15) is 11.5 Å². The molecule has 0 saturated carbocycles. The van der Waals surface area contributed by atoms with Crippen molar-refractivity contribution in [2.75, 3.05) is 0 Å². The summed E-state index contributed by atoms with van der Waals surface area (Å²) in [5.41, 5.74) is 2.00. The first kappa shape index (κ1) is 12.6. The van der Waals surface area contributed by atoms with Crippen molar-refractivity contribution in [3.63, 3.8) is 0 Å². The molecule has 0 radical (unpaired) electrons. The molecule has 2 aromatic heterocycles. The average Bonchev–Trinajstić information content (AvgIpc) is 3.04. The minimum atomic E-state index is 0.545. The summed E-state index contributed by atoms with van der Waals surface area (Å²) in [5.74, 6) is 1.56. The van der Waals surface area contributed by atoms with Crippen molar-refractivity contribution in [1.82, 2.24) is 9.66 Å². The van der Waals surface area contributed by atoms with Crippen LogP contribution in [0.15, 0.2) is 58.2 Å². The predicted molar refractivity (Wildman–Crippen MR) is 81.5 cm³/mol. The molecule has 3 rings (SSSR count). The van der Waals surface area contributed by atoms with Crippen LogP contribution in [0.5, 0.6) is 0 Å². The molecular weight excluding hydrogens is 270 g/mol. The highest BCUT2D eigenvalue weighted by Gasteiger charge is 2.02. The molecule has 0 fully saturated rings. The molecular formula is C15H13N3OS. The smallest absolute Gasteiger partial charge is 0.198 e. The van der Waals surface area contributed by atoms with Gasteiger partial charge in [-0.15, -0.1) is 0 Å². The van der Waals surface area contributed by atoms with Gasteiger partial charge in [0.15, 0.2) is 4.77 Å². The number of hydrogen-bond acceptors (Lipinski definition) is 3. The van der Waals surface area contributed by atoms with Gasteiger partial charge in [-0.25, -0.2) is 4.68 Å². The third-order valence-corrected chi connectivity index (χ3v) is 3.15. The zero-order valence-electron chi connectivity index (χ0n) is 10.9. The number of hydrogen-bond donors (Lipinski definition) is 1. The second-order valence-electron chi connectivity index (χ2n) is 4.38. The second-order valence-corrected chi connectivity index (χ2v) is 4.76. The summed E-state index contributed by atoms with van der Waals surface area (Å²) in [6.07, 6.45) is 3.51. The van der Waals surface area contributed by atoms with E-state index >= 15 is 0 Å². The van der Waals surface area contributed by atoms with Gasteiger partial charge in [-0.3, -0.25) is 0 Å². The number of nitrogens with zero attached hydrogens (tertiary/aromatic N) is 2. The van der Waals surface area contributed by atoms with E-state index in [1.165, 1.54) is 0 Å². The number of furan rings is 1. The topological polar surface area (TPSA) is 46.2 Å². The van der Waals surface area contributed by atoms with Gasteiger partial charge in [0.05, 0.1) is 18.1 Å². The Labute approximate surface area is 121 Å². The first-order valence-electron chi connectivity index (χ1n) is 6.20. The lowest BCUT2D eigenvalue weighted by Gasteiger charge is -1.94. The monoisotopic (exact) mass is 283 g/mol. The van der Waals surface area contributed by atoms with Crippen LogP contribution in [0.1, 0.15) is 11.5 Å². The molecule has 0 aliphatic rings. The first-order valence-corrected chi connectivity index (χ1v) is 6.61. The average molecular weight is 283 g/mol. The van der Waals surface area contributed by atoms with Crippen LogP contribution in [0.4, 0.5) is 0 Å². The number of nitrogens with one attached hydrogen (secondary N) is 1. The molecule has 20 heavy (non-hydrogen) atoms. The highest BCUT2D eigenvalue weighted by molar-refractivity contribution is 7.71. The molecule has 0 aliphatic heterocycles. The molecule has 1 aromatic carbocycles. The van der Waals surface area contributed by atoms with Gasteiger partial charge < -0.3 is 9.40 Å². The van der Waals surface area contributed by atoms with E-state index in [1.54, 1.807) is 10.9 Å². The lowest BCUT2D eigenvalue weighted by atomic mass is 10.2. The maximum absolute atomic E-state index is 5.43. The van der Waals surface area contributed by atoms with Gasteiger partial charge >= 0.3 is 0 Å². The summed E-state index contributed by atoms with van der Waals surface area (Å²) in [6.45, 7) is 1.90. The Hall–Kier alpha value is -2.40. The maximum atomic E-state index is 5.43. The van der Waals surface area contributed by atoms with Gasteiger partial charge in [0.2, 0.25) is 0 Å². The van der Waals surface area contributed by atoms with Crippen molar-refractivity contribution in [2.24, 2.45) is 5.10 Å². The molecule has 0 atom stereocenters. The summed E-state index contributed by atoms with van der Waals surface area (Å²) in [7, 11) is 0. The highest BCUT2D eigenvalue weighted by Crippen LogP contribution is 2.16. The van der Waals surface area contributed by atoms with E-state index in [-0.39, 0.29) is 0 Å². The fourth-order valence-electron chi connectivity index (χ4n) is 1.88. The molecule has 100 valence electrons. The Bertz CT molecular complexity index is 796. The molecule has 5 heteroatoms. The minimum absolute atomic E-state index is 0.545. The molecule has 0 saturated heterocycles. The molecule has 2 heterocycles. The number of benzene rings is 1. The third kappa shape index (κ3) is 2.62. The number of imidazole rings is 1. The SMILES string of the molecule is Cc1ccc(/C=N\n2cc(-c3ccccc3)[nH]c2=S)o1. The van der Waals surface area contributed by atoms with Gasteiger partial charge in [0.25, 0.3) is 0 Å². The van der Waals surface area contributed by atoms with E-state index in [1.807, 2.05) is 55.6 Å². The lowest BCUT2D eigenvalue weighted by molar-refractivity contribution is 0.527. The van der Waals surface area contributed by atoms with Crippen molar-refractivity contribution in [2.45, 2.75) is 6.92 Å². The van der Waals surface area contributed by atoms with Gasteiger partial charge in [-0.05, 0) is 36.8 Å². The van der Waals surface area contributed by atoms with Crippen molar-refractivity contribution >= 4 is 18.4 Å². The van der Waals surface area contributed by atoms with Crippen LogP contribution >= 0.6 is 12.2 Å². The predicted octanol–water partition coefficient (Wildman–Crippen LogP) is 4.00. The van der Waals surface area contributed by atoms with Gasteiger partial charge in [0, 0.05) is 0 Å². The Kier molecular flexibility index (Phi) is 3.35. The maximum Gasteiger partial charge on any atom is 0.198 e. The molecule has 0 spiro atoms. The van der Waals surface area contributed by atoms with Crippen LogP contribution in [-0.2, 0) is 0 Å². The summed E-state index contributed by atoms with van der Waals surface area (Å²) in [5, 5.41) is 4.30. The molecule has 0 amide bonds. The number of H-pyrrole nitrogens is 1. The number of aromatic nitrogens is 2. The fraction of sp³-hybridized carbons (Fsp3) is 0.0667. The normalized spacial score (nSPS) is 11.2.